The third kappa shape index (κ3) is 2.72. The number of hydrogen-bond acceptors (Lipinski definition) is 3. The van der Waals surface area contributed by atoms with Crippen LogP contribution >= 0.6 is 23.2 Å². The van der Waals surface area contributed by atoms with Crippen molar-refractivity contribution >= 4 is 23.2 Å². The van der Waals surface area contributed by atoms with E-state index in [-0.39, 0.29) is 0 Å². The molecule has 0 radical (unpaired) electrons. The fourth-order valence-corrected chi connectivity index (χ4v) is 2.63. The van der Waals surface area contributed by atoms with Crippen LogP contribution in [0.25, 0.3) is 0 Å². The number of nitrogens with zero attached hydrogens (tertiary/aromatic N) is 1. The zero-order valence-corrected chi connectivity index (χ0v) is 11.8. The Hall–Kier alpha value is -1.19. The van der Waals surface area contributed by atoms with E-state index in [1.165, 1.54) is 18.4 Å². The molecule has 3 nitrogen and oxygen atoms in total. The van der Waals surface area contributed by atoms with Crippen molar-refractivity contribution in [2.75, 3.05) is 0 Å². The maximum Gasteiger partial charge on any atom is 0.140 e. The number of aromatic nitrogens is 1. The van der Waals surface area contributed by atoms with Gasteiger partial charge in [-0.25, -0.2) is 0 Å². The van der Waals surface area contributed by atoms with Gasteiger partial charge in [-0.3, -0.25) is 0 Å². The highest BCUT2D eigenvalue weighted by molar-refractivity contribution is 6.34. The lowest BCUT2D eigenvalue weighted by Crippen LogP contribution is -2.04. The van der Waals surface area contributed by atoms with Gasteiger partial charge in [0.1, 0.15) is 23.8 Å². The molecule has 0 bridgehead atoms. The average Bonchev–Trinajstić information content (AvgIpc) is 2.83. The van der Waals surface area contributed by atoms with Gasteiger partial charge in [0.15, 0.2) is 0 Å². The van der Waals surface area contributed by atoms with Crippen LogP contribution in [0.5, 0.6) is 5.75 Å². The molecule has 100 valence electrons. The Kier molecular flexibility index (Phi) is 3.67. The first-order valence-corrected chi connectivity index (χ1v) is 7.04. The second-order valence-electron chi connectivity index (χ2n) is 4.60. The molecule has 1 aliphatic carbocycles. The first kappa shape index (κ1) is 12.8. The molecule has 1 heterocycles. The number of ether oxygens (including phenoxy) is 1. The predicted octanol–water partition coefficient (Wildman–Crippen LogP) is 4.44. The van der Waals surface area contributed by atoms with Crippen molar-refractivity contribution in [3.8, 4) is 5.75 Å². The largest absolute Gasteiger partial charge is 0.486 e. The molecule has 0 saturated heterocycles. The first-order chi connectivity index (χ1) is 9.24. The summed E-state index contributed by atoms with van der Waals surface area (Å²) < 4.78 is 11.0. The monoisotopic (exact) mass is 297 g/mol. The van der Waals surface area contributed by atoms with E-state index in [2.05, 4.69) is 5.16 Å². The molecule has 3 rings (SSSR count). The summed E-state index contributed by atoms with van der Waals surface area (Å²) in [5.41, 5.74) is 2.06. The van der Waals surface area contributed by atoms with E-state index in [1.807, 2.05) is 0 Å². The normalized spacial score (nSPS) is 14.2. The van der Waals surface area contributed by atoms with Gasteiger partial charge < -0.3 is 9.26 Å². The minimum absolute atomic E-state index is 0.360. The number of fused-ring (bicyclic) bond motifs is 1. The summed E-state index contributed by atoms with van der Waals surface area (Å²) in [7, 11) is 0. The fraction of sp³-hybridized carbons (Fsp3) is 0.357. The third-order valence-corrected chi connectivity index (χ3v) is 3.84. The molecule has 0 unspecified atom stereocenters. The summed E-state index contributed by atoms with van der Waals surface area (Å²) in [5.74, 6) is 1.57. The van der Waals surface area contributed by atoms with Crippen molar-refractivity contribution in [2.24, 2.45) is 0 Å². The Morgan fingerprint density at radius 3 is 2.95 bits per heavy atom. The summed E-state index contributed by atoms with van der Waals surface area (Å²) in [5, 5.41) is 5.23. The van der Waals surface area contributed by atoms with Crippen LogP contribution in [0.3, 0.4) is 0 Å². The quantitative estimate of drug-likeness (QED) is 0.840. The van der Waals surface area contributed by atoms with Crippen molar-refractivity contribution in [3.63, 3.8) is 0 Å². The number of rotatable bonds is 3. The fourth-order valence-electron chi connectivity index (χ4n) is 2.30. The lowest BCUT2D eigenvalue weighted by atomic mass is 9.97. The summed E-state index contributed by atoms with van der Waals surface area (Å²) in [4.78, 5) is 0. The third-order valence-electron chi connectivity index (χ3n) is 3.29. The van der Waals surface area contributed by atoms with Crippen LogP contribution in [-0.2, 0) is 19.4 Å². The summed E-state index contributed by atoms with van der Waals surface area (Å²) in [6.07, 6.45) is 4.34. The minimum atomic E-state index is 0.360. The average molecular weight is 298 g/mol. The van der Waals surface area contributed by atoms with Crippen molar-refractivity contribution in [2.45, 2.75) is 32.3 Å². The van der Waals surface area contributed by atoms with Gasteiger partial charge in [0.05, 0.1) is 5.02 Å². The van der Waals surface area contributed by atoms with Gasteiger partial charge in [0, 0.05) is 23.1 Å². The molecule has 2 aromatic rings. The standard InChI is InChI=1S/C14H13Cl2NO2/c15-9-5-6-11(16)14(7-9)18-8-12-10-3-1-2-4-13(10)19-17-12/h5-7H,1-4,8H2. The molecule has 1 aromatic heterocycles. The molecule has 0 amide bonds. The molecule has 0 atom stereocenters. The van der Waals surface area contributed by atoms with E-state index in [4.69, 9.17) is 32.5 Å². The SMILES string of the molecule is Clc1ccc(Cl)c(OCc2noc3c2CCCC3)c1. The number of halogens is 2. The number of benzene rings is 1. The van der Waals surface area contributed by atoms with Crippen LogP contribution in [-0.4, -0.2) is 5.16 Å². The van der Waals surface area contributed by atoms with Crippen LogP contribution in [0.1, 0.15) is 29.9 Å². The molecule has 0 aliphatic heterocycles. The lowest BCUT2D eigenvalue weighted by molar-refractivity contribution is 0.287. The van der Waals surface area contributed by atoms with E-state index in [0.717, 1.165) is 24.3 Å². The molecular weight excluding hydrogens is 285 g/mol. The molecule has 19 heavy (non-hydrogen) atoms. The number of aryl methyl sites for hydroxylation is 1. The van der Waals surface area contributed by atoms with Crippen molar-refractivity contribution in [1.82, 2.24) is 5.16 Å². The van der Waals surface area contributed by atoms with Gasteiger partial charge in [-0.15, -0.1) is 0 Å². The van der Waals surface area contributed by atoms with Gasteiger partial charge in [-0.2, -0.15) is 0 Å². The van der Waals surface area contributed by atoms with Gasteiger partial charge in [0.2, 0.25) is 0 Å². The van der Waals surface area contributed by atoms with Crippen LogP contribution < -0.4 is 4.74 Å². The molecule has 1 aliphatic rings. The Morgan fingerprint density at radius 1 is 1.21 bits per heavy atom. The summed E-state index contributed by atoms with van der Waals surface area (Å²) in [6.45, 7) is 0.360. The zero-order valence-electron chi connectivity index (χ0n) is 10.3. The highest BCUT2D eigenvalue weighted by Crippen LogP contribution is 2.30. The van der Waals surface area contributed by atoms with E-state index in [1.54, 1.807) is 18.2 Å². The number of hydrogen-bond donors (Lipinski definition) is 0. The Balaban J connectivity index is 1.75. The van der Waals surface area contributed by atoms with Gasteiger partial charge >= 0.3 is 0 Å². The molecule has 5 heteroatoms. The molecular formula is C14H13Cl2NO2. The molecule has 0 fully saturated rings. The molecule has 0 spiro atoms. The van der Waals surface area contributed by atoms with Crippen molar-refractivity contribution in [3.05, 3.63) is 45.3 Å². The smallest absolute Gasteiger partial charge is 0.140 e. The summed E-state index contributed by atoms with van der Waals surface area (Å²) >= 11 is 12.0. The molecule has 1 aromatic carbocycles. The predicted molar refractivity (Wildman–Crippen MR) is 73.9 cm³/mol. The molecule has 0 N–H and O–H groups in total. The summed E-state index contributed by atoms with van der Waals surface area (Å²) in [6, 6.07) is 5.16. The Labute approximate surface area is 121 Å². The maximum atomic E-state index is 6.05. The van der Waals surface area contributed by atoms with E-state index in [9.17, 15) is 0 Å². The first-order valence-electron chi connectivity index (χ1n) is 6.28. The van der Waals surface area contributed by atoms with Crippen LogP contribution in [0, 0.1) is 0 Å². The minimum Gasteiger partial charge on any atom is -0.486 e. The van der Waals surface area contributed by atoms with Crippen LogP contribution in [0.4, 0.5) is 0 Å². The zero-order chi connectivity index (χ0) is 13.2. The lowest BCUT2D eigenvalue weighted by Gasteiger charge is -2.10. The Morgan fingerprint density at radius 2 is 2.05 bits per heavy atom. The van der Waals surface area contributed by atoms with E-state index in [0.29, 0.717) is 22.4 Å². The van der Waals surface area contributed by atoms with Crippen LogP contribution in [0.2, 0.25) is 10.0 Å². The van der Waals surface area contributed by atoms with Gasteiger partial charge in [-0.05, 0) is 31.4 Å². The Bertz CT molecular complexity index is 595. The molecule has 0 saturated carbocycles. The van der Waals surface area contributed by atoms with Crippen molar-refractivity contribution < 1.29 is 9.26 Å². The van der Waals surface area contributed by atoms with Gasteiger partial charge in [0.25, 0.3) is 0 Å². The highest BCUT2D eigenvalue weighted by atomic mass is 35.5. The topological polar surface area (TPSA) is 35.3 Å². The highest BCUT2D eigenvalue weighted by Gasteiger charge is 2.19. The van der Waals surface area contributed by atoms with E-state index >= 15 is 0 Å². The van der Waals surface area contributed by atoms with Gasteiger partial charge in [-0.1, -0.05) is 28.4 Å². The second kappa shape index (κ2) is 5.43. The van der Waals surface area contributed by atoms with E-state index < -0.39 is 0 Å². The second-order valence-corrected chi connectivity index (χ2v) is 5.45. The van der Waals surface area contributed by atoms with Crippen LogP contribution in [0.15, 0.2) is 22.7 Å². The maximum absolute atomic E-state index is 6.05. The van der Waals surface area contributed by atoms with Crippen molar-refractivity contribution in [1.29, 1.82) is 0 Å².